The van der Waals surface area contributed by atoms with Gasteiger partial charge in [0.15, 0.2) is 0 Å². The first kappa shape index (κ1) is 19.8. The molecule has 0 radical (unpaired) electrons. The van der Waals surface area contributed by atoms with E-state index in [1.165, 1.54) is 12.0 Å². The fourth-order valence-corrected chi connectivity index (χ4v) is 4.86. The van der Waals surface area contributed by atoms with Crippen molar-refractivity contribution in [2.75, 3.05) is 13.7 Å². The van der Waals surface area contributed by atoms with E-state index in [1.54, 1.807) is 7.11 Å². The molecule has 144 valence electrons. The number of rotatable bonds is 5. The summed E-state index contributed by atoms with van der Waals surface area (Å²) in [5.41, 5.74) is 0.938. The monoisotopic (exact) mass is 423 g/mol. The molecule has 1 aliphatic heterocycles. The third kappa shape index (κ3) is 4.49. The average molecular weight is 424 g/mol. The Morgan fingerprint density at radius 1 is 1.35 bits per heavy atom. The summed E-state index contributed by atoms with van der Waals surface area (Å²) in [4.78, 5) is 12.5. The van der Waals surface area contributed by atoms with Gasteiger partial charge in [-0.05, 0) is 43.4 Å². The number of nitrogens with one attached hydrogen (secondary N) is 1. The van der Waals surface area contributed by atoms with Crippen molar-refractivity contribution in [3.63, 3.8) is 0 Å². The van der Waals surface area contributed by atoms with Crippen molar-refractivity contribution < 1.29 is 14.3 Å². The zero-order valence-electron chi connectivity index (χ0n) is 16.0. The van der Waals surface area contributed by atoms with Gasteiger partial charge in [0.05, 0.1) is 18.8 Å². The summed E-state index contributed by atoms with van der Waals surface area (Å²) in [6.45, 7) is 4.97. The molecule has 1 saturated heterocycles. The van der Waals surface area contributed by atoms with Gasteiger partial charge in [-0.2, -0.15) is 0 Å². The summed E-state index contributed by atoms with van der Waals surface area (Å²) in [6.07, 6.45) is 4.82. The lowest BCUT2D eigenvalue weighted by Crippen LogP contribution is -2.60. The zero-order chi connectivity index (χ0) is 18.7. The lowest BCUT2D eigenvalue weighted by atomic mass is 9.66. The first-order valence-corrected chi connectivity index (χ1v) is 10.4. The Balaban J connectivity index is 1.82. The number of hydrogen-bond donors (Lipinski definition) is 1. The third-order valence-corrected chi connectivity index (χ3v) is 6.55. The molecule has 3 rings (SSSR count). The van der Waals surface area contributed by atoms with Crippen molar-refractivity contribution in [2.24, 2.45) is 11.8 Å². The Kier molecular flexibility index (Phi) is 6.41. The molecule has 1 N–H and O–H groups in total. The number of hydrogen-bond acceptors (Lipinski definition) is 3. The van der Waals surface area contributed by atoms with Crippen LogP contribution in [0.1, 0.15) is 57.6 Å². The van der Waals surface area contributed by atoms with E-state index in [0.29, 0.717) is 24.9 Å². The van der Waals surface area contributed by atoms with E-state index in [4.69, 9.17) is 9.47 Å². The smallest absolute Gasteiger partial charge is 0.222 e. The molecule has 5 atom stereocenters. The predicted molar refractivity (Wildman–Crippen MR) is 106 cm³/mol. The van der Waals surface area contributed by atoms with E-state index in [-0.39, 0.29) is 23.7 Å². The van der Waals surface area contributed by atoms with Gasteiger partial charge in [0.1, 0.15) is 0 Å². The third-order valence-electron chi connectivity index (χ3n) is 6.02. The maximum Gasteiger partial charge on any atom is 0.222 e. The lowest BCUT2D eigenvalue weighted by Gasteiger charge is -2.52. The van der Waals surface area contributed by atoms with Crippen LogP contribution in [0.25, 0.3) is 0 Å². The number of fused-ring (bicyclic) bond motifs is 1. The first-order valence-electron chi connectivity index (χ1n) is 9.62. The van der Waals surface area contributed by atoms with E-state index in [9.17, 15) is 4.79 Å². The molecule has 1 heterocycles. The van der Waals surface area contributed by atoms with Crippen LogP contribution in [-0.2, 0) is 14.3 Å². The average Bonchev–Trinajstić information content (AvgIpc) is 2.59. The molecule has 0 unspecified atom stereocenters. The Hall–Kier alpha value is -0.910. The van der Waals surface area contributed by atoms with Crippen LogP contribution in [0.3, 0.4) is 0 Å². The molecular weight excluding hydrogens is 394 g/mol. The topological polar surface area (TPSA) is 47.6 Å². The summed E-state index contributed by atoms with van der Waals surface area (Å²) in [7, 11) is 1.63. The Morgan fingerprint density at radius 3 is 2.77 bits per heavy atom. The second kappa shape index (κ2) is 8.41. The van der Waals surface area contributed by atoms with E-state index in [1.807, 2.05) is 0 Å². The van der Waals surface area contributed by atoms with Crippen molar-refractivity contribution in [2.45, 2.75) is 63.7 Å². The minimum Gasteiger partial charge on any atom is -0.384 e. The molecule has 0 bridgehead atoms. The minimum absolute atomic E-state index is 0.0161. The molecule has 1 amide bonds. The predicted octanol–water partition coefficient (Wildman–Crippen LogP) is 4.63. The van der Waals surface area contributed by atoms with Crippen LogP contribution in [0.4, 0.5) is 0 Å². The molecule has 0 spiro atoms. The Morgan fingerprint density at radius 2 is 2.08 bits per heavy atom. The highest BCUT2D eigenvalue weighted by Gasteiger charge is 2.49. The highest BCUT2D eigenvalue weighted by atomic mass is 79.9. The summed E-state index contributed by atoms with van der Waals surface area (Å²) < 4.78 is 12.7. The van der Waals surface area contributed by atoms with Gasteiger partial charge >= 0.3 is 0 Å². The van der Waals surface area contributed by atoms with Crippen LogP contribution in [0.2, 0.25) is 0 Å². The molecule has 26 heavy (non-hydrogen) atoms. The summed E-state index contributed by atoms with van der Waals surface area (Å²) in [5, 5.41) is 3.35. The fourth-order valence-electron chi connectivity index (χ4n) is 4.60. The van der Waals surface area contributed by atoms with Crippen molar-refractivity contribution in [3.8, 4) is 0 Å². The molecular formula is C21H30BrNO3. The van der Waals surface area contributed by atoms with Crippen LogP contribution in [0, 0.1) is 11.8 Å². The summed E-state index contributed by atoms with van der Waals surface area (Å²) in [6, 6.07) is 8.36. The second-order valence-electron chi connectivity index (χ2n) is 8.15. The van der Waals surface area contributed by atoms with Gasteiger partial charge in [0, 0.05) is 35.9 Å². The Bertz CT molecular complexity index is 620. The van der Waals surface area contributed by atoms with Crippen molar-refractivity contribution in [3.05, 3.63) is 34.3 Å². The fraction of sp³-hybridized carbons (Fsp3) is 0.667. The van der Waals surface area contributed by atoms with Gasteiger partial charge < -0.3 is 14.8 Å². The van der Waals surface area contributed by atoms with E-state index in [0.717, 1.165) is 23.7 Å². The van der Waals surface area contributed by atoms with Crippen molar-refractivity contribution >= 4 is 21.8 Å². The maximum absolute atomic E-state index is 12.5. The van der Waals surface area contributed by atoms with Gasteiger partial charge in [0.2, 0.25) is 5.91 Å². The quantitative estimate of drug-likeness (QED) is 0.750. The molecule has 2 aliphatic rings. The zero-order valence-corrected chi connectivity index (χ0v) is 17.6. The van der Waals surface area contributed by atoms with E-state index < -0.39 is 0 Å². The Labute approximate surface area is 165 Å². The number of carbonyl (C=O) groups excluding carboxylic acids is 1. The molecule has 2 fully saturated rings. The largest absolute Gasteiger partial charge is 0.384 e. The van der Waals surface area contributed by atoms with E-state index >= 15 is 0 Å². The molecule has 1 saturated carbocycles. The molecule has 1 aromatic carbocycles. The van der Waals surface area contributed by atoms with Crippen molar-refractivity contribution in [1.29, 1.82) is 0 Å². The van der Waals surface area contributed by atoms with Crippen LogP contribution >= 0.6 is 15.9 Å². The minimum atomic E-state index is -0.244. The molecule has 0 aromatic heterocycles. The number of benzene rings is 1. The van der Waals surface area contributed by atoms with Crippen molar-refractivity contribution in [1.82, 2.24) is 5.32 Å². The number of ether oxygens (including phenoxy) is 2. The number of amides is 1. The van der Waals surface area contributed by atoms with Gasteiger partial charge in [-0.15, -0.1) is 0 Å². The highest BCUT2D eigenvalue weighted by Crippen LogP contribution is 2.47. The van der Waals surface area contributed by atoms with Crippen LogP contribution < -0.4 is 5.32 Å². The number of halogens is 1. The van der Waals surface area contributed by atoms with E-state index in [2.05, 4.69) is 59.4 Å². The lowest BCUT2D eigenvalue weighted by molar-refractivity contribution is -0.154. The van der Waals surface area contributed by atoms with Gasteiger partial charge in [-0.1, -0.05) is 41.4 Å². The maximum atomic E-state index is 12.5. The summed E-state index contributed by atoms with van der Waals surface area (Å²) >= 11 is 3.50. The standard InChI is InChI=1S/C21H30BrNO3/c1-14-4-9-17-18(12-14)26-19(15-5-7-16(22)8-6-15)13-21(17,2)23-20(24)10-11-25-3/h5-8,14,17-19H,4,9-13H2,1-3H3,(H,23,24)/t14-,17-,18-,19-,21-/m1/s1. The van der Waals surface area contributed by atoms with Crippen LogP contribution in [-0.4, -0.2) is 31.3 Å². The molecule has 1 aliphatic carbocycles. The number of methoxy groups -OCH3 is 1. The number of carbonyl (C=O) groups is 1. The molecule has 5 heteroatoms. The van der Waals surface area contributed by atoms with Gasteiger partial charge in [0.25, 0.3) is 0 Å². The normalized spacial score (nSPS) is 34.2. The molecule has 1 aromatic rings. The SMILES string of the molecule is COCCC(=O)N[C@]1(C)C[C@H](c2ccc(Br)cc2)O[C@@H]2C[C@H](C)CC[C@H]21. The van der Waals surface area contributed by atoms with Gasteiger partial charge in [-0.3, -0.25) is 4.79 Å². The first-order chi connectivity index (χ1) is 12.4. The summed E-state index contributed by atoms with van der Waals surface area (Å²) in [5.74, 6) is 1.12. The van der Waals surface area contributed by atoms with Crippen LogP contribution in [0.15, 0.2) is 28.7 Å². The molecule has 4 nitrogen and oxygen atoms in total. The highest BCUT2D eigenvalue weighted by molar-refractivity contribution is 9.10. The second-order valence-corrected chi connectivity index (χ2v) is 9.07. The van der Waals surface area contributed by atoms with Gasteiger partial charge in [-0.25, -0.2) is 0 Å². The van der Waals surface area contributed by atoms with Crippen LogP contribution in [0.5, 0.6) is 0 Å².